The first kappa shape index (κ1) is 25.1. The number of aryl methyl sites for hydroxylation is 1. The van der Waals surface area contributed by atoms with E-state index in [1.54, 1.807) is 36.8 Å². The van der Waals surface area contributed by atoms with E-state index in [-0.39, 0.29) is 12.3 Å². The van der Waals surface area contributed by atoms with Crippen molar-refractivity contribution in [2.45, 2.75) is 24.4 Å². The number of nitrogens with zero attached hydrogens (tertiary/aromatic N) is 3. The van der Waals surface area contributed by atoms with E-state index in [4.69, 9.17) is 13.6 Å². The number of amides is 1. The zero-order valence-electron chi connectivity index (χ0n) is 20.8. The summed E-state index contributed by atoms with van der Waals surface area (Å²) in [5, 5.41) is 12.4. The fraction of sp³-hybridized carbons (Fsp3) is 0.179. The Morgan fingerprint density at radius 1 is 1.00 bits per heavy atom. The highest BCUT2D eigenvalue weighted by Gasteiger charge is 2.29. The average Bonchev–Trinajstić information content (AvgIpc) is 3.74. The molecule has 0 unspecified atom stereocenters. The van der Waals surface area contributed by atoms with Gasteiger partial charge in [-0.2, -0.15) is 0 Å². The number of furan rings is 2. The second-order valence-electron chi connectivity index (χ2n) is 8.66. The van der Waals surface area contributed by atoms with Crippen molar-refractivity contribution in [2.75, 3.05) is 18.2 Å². The first-order valence-corrected chi connectivity index (χ1v) is 14.0. The smallest absolute Gasteiger partial charge is 0.341 e. The van der Waals surface area contributed by atoms with Crippen LogP contribution in [0.2, 0.25) is 0 Å². The number of ether oxygens (including phenoxy) is 1. The number of fused-ring (bicyclic) bond motifs is 3. The Morgan fingerprint density at radius 3 is 2.51 bits per heavy atom. The molecule has 0 spiro atoms. The summed E-state index contributed by atoms with van der Waals surface area (Å²) in [6, 6.07) is 15.2. The summed E-state index contributed by atoms with van der Waals surface area (Å²) in [6.07, 6.45) is 4.85. The van der Waals surface area contributed by atoms with Crippen LogP contribution in [0, 0.1) is 0 Å². The van der Waals surface area contributed by atoms with Gasteiger partial charge in [-0.05, 0) is 53.8 Å². The number of carbonyl (C=O) groups is 2. The number of hydrogen-bond acceptors (Lipinski definition) is 10. The van der Waals surface area contributed by atoms with Gasteiger partial charge in [-0.25, -0.2) is 9.78 Å². The van der Waals surface area contributed by atoms with Gasteiger partial charge in [-0.1, -0.05) is 36.0 Å². The van der Waals surface area contributed by atoms with Gasteiger partial charge < -0.3 is 18.9 Å². The van der Waals surface area contributed by atoms with Crippen molar-refractivity contribution in [3.05, 3.63) is 77.7 Å². The average molecular weight is 559 g/mol. The van der Waals surface area contributed by atoms with Gasteiger partial charge in [-0.15, -0.1) is 21.5 Å². The zero-order valence-corrected chi connectivity index (χ0v) is 22.4. The third kappa shape index (κ3) is 4.98. The van der Waals surface area contributed by atoms with Crippen LogP contribution in [0.4, 0.5) is 5.00 Å². The van der Waals surface area contributed by atoms with E-state index in [0.29, 0.717) is 44.4 Å². The van der Waals surface area contributed by atoms with Crippen molar-refractivity contribution in [1.82, 2.24) is 15.2 Å². The van der Waals surface area contributed by atoms with Crippen LogP contribution in [0.25, 0.3) is 33.3 Å². The lowest BCUT2D eigenvalue weighted by atomic mass is 9.89. The molecule has 1 aromatic carbocycles. The molecule has 9 nitrogen and oxygen atoms in total. The quantitative estimate of drug-likeness (QED) is 0.177. The molecule has 0 saturated carbocycles. The van der Waals surface area contributed by atoms with Gasteiger partial charge in [0.25, 0.3) is 0 Å². The molecule has 0 bridgehead atoms. The summed E-state index contributed by atoms with van der Waals surface area (Å²) in [5.41, 5.74) is 4.67. The Morgan fingerprint density at radius 2 is 1.77 bits per heavy atom. The lowest BCUT2D eigenvalue weighted by Crippen LogP contribution is -2.15. The summed E-state index contributed by atoms with van der Waals surface area (Å²) >= 11 is 2.72. The van der Waals surface area contributed by atoms with Crippen molar-refractivity contribution in [2.24, 2.45) is 0 Å². The van der Waals surface area contributed by atoms with Gasteiger partial charge in [0.2, 0.25) is 11.1 Å². The lowest BCUT2D eigenvalue weighted by Gasteiger charge is -2.16. The molecule has 4 heterocycles. The lowest BCUT2D eigenvalue weighted by molar-refractivity contribution is -0.115. The Balaban J connectivity index is 1.17. The van der Waals surface area contributed by atoms with Crippen LogP contribution in [0.3, 0.4) is 0 Å². The van der Waals surface area contributed by atoms with Crippen LogP contribution in [0.15, 0.2) is 75.0 Å². The number of benzene rings is 1. The summed E-state index contributed by atoms with van der Waals surface area (Å²) < 4.78 is 16.1. The molecular weight excluding hydrogens is 536 g/mol. The molecule has 0 atom stereocenters. The topological polar surface area (TPSA) is 120 Å². The molecule has 1 amide bonds. The summed E-state index contributed by atoms with van der Waals surface area (Å²) in [5.74, 6) is 0.811. The maximum Gasteiger partial charge on any atom is 0.341 e. The third-order valence-corrected chi connectivity index (χ3v) is 8.31. The van der Waals surface area contributed by atoms with Crippen LogP contribution in [-0.2, 0) is 22.4 Å². The first-order valence-electron chi connectivity index (χ1n) is 12.2. The molecule has 6 rings (SSSR count). The first-order chi connectivity index (χ1) is 19.1. The molecule has 11 heteroatoms. The SMILES string of the molecule is COC(=O)c1c(NC(=O)CCSc2nnc(-c3ccco3)c(-c3ccco3)n2)sc2c1CCc1ccccc1-2. The molecule has 0 saturated heterocycles. The van der Waals surface area contributed by atoms with E-state index in [0.717, 1.165) is 28.8 Å². The molecule has 0 aliphatic heterocycles. The van der Waals surface area contributed by atoms with Crippen molar-refractivity contribution in [1.29, 1.82) is 0 Å². The van der Waals surface area contributed by atoms with Crippen LogP contribution < -0.4 is 5.32 Å². The molecule has 5 aromatic rings. The monoisotopic (exact) mass is 558 g/mol. The van der Waals surface area contributed by atoms with Crippen LogP contribution in [-0.4, -0.2) is 39.9 Å². The van der Waals surface area contributed by atoms with E-state index >= 15 is 0 Å². The van der Waals surface area contributed by atoms with Gasteiger partial charge in [0.15, 0.2) is 17.2 Å². The molecule has 0 radical (unpaired) electrons. The van der Waals surface area contributed by atoms with E-state index in [1.807, 2.05) is 12.1 Å². The summed E-state index contributed by atoms with van der Waals surface area (Å²) in [4.78, 5) is 31.2. The largest absolute Gasteiger partial charge is 0.465 e. The molecule has 39 heavy (non-hydrogen) atoms. The number of anilines is 1. The minimum atomic E-state index is -0.446. The summed E-state index contributed by atoms with van der Waals surface area (Å²) in [7, 11) is 1.35. The van der Waals surface area contributed by atoms with Crippen LogP contribution in [0.5, 0.6) is 0 Å². The van der Waals surface area contributed by atoms with Gasteiger partial charge in [-0.3, -0.25) is 4.79 Å². The second kappa shape index (κ2) is 10.9. The summed E-state index contributed by atoms with van der Waals surface area (Å²) in [6.45, 7) is 0. The highest BCUT2D eigenvalue weighted by molar-refractivity contribution is 7.99. The number of thiophene rings is 1. The predicted octanol–water partition coefficient (Wildman–Crippen LogP) is 6.13. The zero-order chi connectivity index (χ0) is 26.8. The Labute approximate surface area is 231 Å². The molecule has 0 fully saturated rings. The molecule has 1 N–H and O–H groups in total. The number of carbonyl (C=O) groups excluding carboxylic acids is 2. The fourth-order valence-electron chi connectivity index (χ4n) is 4.51. The van der Waals surface area contributed by atoms with Gasteiger partial charge in [0.05, 0.1) is 25.2 Å². The molecule has 196 valence electrons. The van der Waals surface area contributed by atoms with Crippen LogP contribution >= 0.6 is 23.1 Å². The number of esters is 1. The minimum Gasteiger partial charge on any atom is -0.465 e. The fourth-order valence-corrected chi connectivity index (χ4v) is 6.55. The van der Waals surface area contributed by atoms with Crippen molar-refractivity contribution in [3.63, 3.8) is 0 Å². The Kier molecular flexibility index (Phi) is 6.99. The molecule has 1 aliphatic rings. The normalized spacial score (nSPS) is 12.0. The molecule has 4 aromatic heterocycles. The van der Waals surface area contributed by atoms with Crippen molar-refractivity contribution >= 4 is 40.0 Å². The second-order valence-corrected chi connectivity index (χ2v) is 10.7. The maximum absolute atomic E-state index is 12.9. The molecular formula is C28H22N4O5S2. The van der Waals surface area contributed by atoms with Gasteiger partial charge >= 0.3 is 5.97 Å². The number of aromatic nitrogens is 3. The highest BCUT2D eigenvalue weighted by atomic mass is 32.2. The van der Waals surface area contributed by atoms with Crippen molar-refractivity contribution in [3.8, 4) is 33.3 Å². The molecule has 1 aliphatic carbocycles. The number of nitrogens with one attached hydrogen (secondary N) is 1. The number of rotatable bonds is 8. The maximum atomic E-state index is 12.9. The predicted molar refractivity (Wildman–Crippen MR) is 148 cm³/mol. The standard InChI is InChI=1S/C28H22N4O5S2/c1-35-27(34)22-18-11-10-16-6-2-3-7-17(16)25(18)39-26(22)29-21(33)12-15-38-28-30-23(19-8-4-13-36-19)24(31-32-28)20-9-5-14-37-20/h2-9,13-14H,10-12,15H2,1H3,(H,29,33). The van der Waals surface area contributed by atoms with E-state index in [2.05, 4.69) is 32.6 Å². The number of thioether (sulfide) groups is 1. The van der Waals surface area contributed by atoms with E-state index in [9.17, 15) is 9.59 Å². The van der Waals surface area contributed by atoms with Gasteiger partial charge in [0.1, 0.15) is 10.7 Å². The number of hydrogen-bond donors (Lipinski definition) is 1. The highest BCUT2D eigenvalue weighted by Crippen LogP contribution is 2.45. The van der Waals surface area contributed by atoms with Crippen molar-refractivity contribution < 1.29 is 23.2 Å². The van der Waals surface area contributed by atoms with Crippen LogP contribution in [0.1, 0.15) is 27.9 Å². The Hall–Kier alpha value is -4.22. The minimum absolute atomic E-state index is 0.184. The Bertz CT molecular complexity index is 1640. The van der Waals surface area contributed by atoms with E-state index in [1.165, 1.54) is 35.8 Å². The van der Waals surface area contributed by atoms with Gasteiger partial charge in [0, 0.05) is 17.1 Å². The third-order valence-electron chi connectivity index (χ3n) is 6.29. The number of methoxy groups -OCH3 is 1. The van der Waals surface area contributed by atoms with E-state index < -0.39 is 5.97 Å².